The fraction of sp³-hybridized carbons (Fsp3) is 0.923. The number of ether oxygens (including phenoxy) is 1. The highest BCUT2D eigenvalue weighted by Gasteiger charge is 2.47. The van der Waals surface area contributed by atoms with Crippen molar-refractivity contribution in [2.75, 3.05) is 7.11 Å². The molecule has 1 fully saturated rings. The monoisotopic (exact) mass is 227 g/mol. The second kappa shape index (κ2) is 5.17. The van der Waals surface area contributed by atoms with Gasteiger partial charge in [0.25, 0.3) is 0 Å². The third-order valence-corrected chi connectivity index (χ3v) is 3.70. The van der Waals surface area contributed by atoms with Crippen LogP contribution in [0.4, 0.5) is 0 Å². The molecule has 0 aliphatic heterocycles. The zero-order valence-corrected chi connectivity index (χ0v) is 11.2. The van der Waals surface area contributed by atoms with E-state index >= 15 is 0 Å². The van der Waals surface area contributed by atoms with Gasteiger partial charge < -0.3 is 4.74 Å². The smallest absolute Gasteiger partial charge is 0.326 e. The van der Waals surface area contributed by atoms with Crippen molar-refractivity contribution in [2.45, 2.75) is 58.5 Å². The lowest BCUT2D eigenvalue weighted by atomic mass is 9.69. The maximum absolute atomic E-state index is 12.1. The van der Waals surface area contributed by atoms with Crippen LogP contribution in [0.25, 0.3) is 0 Å². The van der Waals surface area contributed by atoms with Crippen LogP contribution in [0.15, 0.2) is 0 Å². The predicted molar refractivity (Wildman–Crippen MR) is 65.2 cm³/mol. The van der Waals surface area contributed by atoms with Crippen LogP contribution in [0.1, 0.15) is 47.0 Å². The molecule has 0 bridgehead atoms. The number of esters is 1. The van der Waals surface area contributed by atoms with Crippen molar-refractivity contribution in [3.8, 4) is 0 Å². The Labute approximate surface area is 98.9 Å². The second-order valence-electron chi connectivity index (χ2n) is 5.55. The van der Waals surface area contributed by atoms with E-state index in [4.69, 9.17) is 4.74 Å². The maximum atomic E-state index is 12.1. The molecule has 0 aromatic heterocycles. The summed E-state index contributed by atoms with van der Waals surface area (Å²) in [5, 5.41) is 3.45. The summed E-state index contributed by atoms with van der Waals surface area (Å²) in [6.45, 7) is 8.52. The van der Waals surface area contributed by atoms with Crippen LogP contribution in [0.3, 0.4) is 0 Å². The van der Waals surface area contributed by atoms with E-state index in [1.165, 1.54) is 13.5 Å². The summed E-state index contributed by atoms with van der Waals surface area (Å²) < 4.78 is 5.01. The van der Waals surface area contributed by atoms with Crippen molar-refractivity contribution < 1.29 is 9.53 Å². The third kappa shape index (κ3) is 2.57. The van der Waals surface area contributed by atoms with Gasteiger partial charge in [-0.1, -0.05) is 20.3 Å². The van der Waals surface area contributed by atoms with E-state index in [1.807, 2.05) is 0 Å². The van der Waals surface area contributed by atoms with Crippen LogP contribution >= 0.6 is 0 Å². The highest BCUT2D eigenvalue weighted by atomic mass is 16.5. The van der Waals surface area contributed by atoms with Gasteiger partial charge in [-0.15, -0.1) is 0 Å². The largest absolute Gasteiger partial charge is 0.468 e. The Hall–Kier alpha value is -0.570. The molecule has 0 aromatic rings. The molecule has 94 valence electrons. The topological polar surface area (TPSA) is 38.3 Å². The molecular formula is C13H25NO2. The van der Waals surface area contributed by atoms with Crippen LogP contribution in [0.2, 0.25) is 0 Å². The van der Waals surface area contributed by atoms with Gasteiger partial charge in [-0.05, 0) is 38.5 Å². The molecule has 0 spiro atoms. The summed E-state index contributed by atoms with van der Waals surface area (Å²) in [6, 6.07) is 0.298. The molecule has 3 unspecified atom stereocenters. The van der Waals surface area contributed by atoms with Gasteiger partial charge in [-0.3, -0.25) is 10.1 Å². The minimum atomic E-state index is -0.472. The van der Waals surface area contributed by atoms with Gasteiger partial charge in [-0.2, -0.15) is 0 Å². The molecule has 3 nitrogen and oxygen atoms in total. The van der Waals surface area contributed by atoms with Crippen molar-refractivity contribution in [1.82, 2.24) is 5.32 Å². The minimum Gasteiger partial charge on any atom is -0.468 e. The molecule has 1 aliphatic carbocycles. The van der Waals surface area contributed by atoms with Crippen LogP contribution in [0, 0.1) is 11.8 Å². The molecule has 1 N–H and O–H groups in total. The van der Waals surface area contributed by atoms with Gasteiger partial charge in [0.2, 0.25) is 0 Å². The molecule has 3 heteroatoms. The van der Waals surface area contributed by atoms with Crippen molar-refractivity contribution in [1.29, 1.82) is 0 Å². The van der Waals surface area contributed by atoms with E-state index in [1.54, 1.807) is 0 Å². The Balaban J connectivity index is 2.95. The Kier molecular flexibility index (Phi) is 4.36. The lowest BCUT2D eigenvalue weighted by Gasteiger charge is -2.44. The van der Waals surface area contributed by atoms with E-state index in [2.05, 4.69) is 33.0 Å². The fourth-order valence-corrected chi connectivity index (χ4v) is 2.88. The van der Waals surface area contributed by atoms with E-state index < -0.39 is 5.54 Å². The van der Waals surface area contributed by atoms with E-state index in [-0.39, 0.29) is 5.97 Å². The van der Waals surface area contributed by atoms with Gasteiger partial charge in [-0.25, -0.2) is 0 Å². The van der Waals surface area contributed by atoms with Crippen molar-refractivity contribution >= 4 is 5.97 Å². The number of methoxy groups -OCH3 is 1. The first-order valence-corrected chi connectivity index (χ1v) is 6.28. The molecule has 0 amide bonds. The van der Waals surface area contributed by atoms with Crippen LogP contribution in [-0.2, 0) is 9.53 Å². The second-order valence-corrected chi connectivity index (χ2v) is 5.55. The Morgan fingerprint density at radius 1 is 1.38 bits per heavy atom. The molecule has 1 aliphatic rings. The summed E-state index contributed by atoms with van der Waals surface area (Å²) in [6.07, 6.45) is 3.19. The Bertz CT molecular complexity index is 248. The summed E-state index contributed by atoms with van der Waals surface area (Å²) in [4.78, 5) is 12.1. The van der Waals surface area contributed by atoms with Gasteiger partial charge in [0.15, 0.2) is 0 Å². The van der Waals surface area contributed by atoms with Crippen LogP contribution in [0.5, 0.6) is 0 Å². The number of rotatable bonds is 3. The van der Waals surface area contributed by atoms with Gasteiger partial charge >= 0.3 is 5.97 Å². The van der Waals surface area contributed by atoms with Crippen molar-refractivity contribution in [3.63, 3.8) is 0 Å². The first-order valence-electron chi connectivity index (χ1n) is 6.28. The van der Waals surface area contributed by atoms with E-state index in [0.29, 0.717) is 17.9 Å². The normalized spacial score (nSPS) is 35.1. The van der Waals surface area contributed by atoms with Gasteiger partial charge in [0.05, 0.1) is 7.11 Å². The zero-order valence-electron chi connectivity index (χ0n) is 11.2. The predicted octanol–water partition coefficient (Wildman–Crippen LogP) is 2.35. The molecule has 1 saturated carbocycles. The quantitative estimate of drug-likeness (QED) is 0.752. The molecule has 0 aromatic carbocycles. The lowest BCUT2D eigenvalue weighted by molar-refractivity contribution is -0.154. The molecule has 0 saturated heterocycles. The highest BCUT2D eigenvalue weighted by Crippen LogP contribution is 2.38. The van der Waals surface area contributed by atoms with E-state index in [0.717, 1.165) is 12.8 Å². The summed E-state index contributed by atoms with van der Waals surface area (Å²) in [5.74, 6) is 0.834. The summed E-state index contributed by atoms with van der Waals surface area (Å²) >= 11 is 0. The highest BCUT2D eigenvalue weighted by molar-refractivity contribution is 5.81. The van der Waals surface area contributed by atoms with Crippen molar-refractivity contribution in [2.24, 2.45) is 11.8 Å². The van der Waals surface area contributed by atoms with Crippen molar-refractivity contribution in [3.05, 3.63) is 0 Å². The molecule has 1 rings (SSSR count). The number of nitrogens with one attached hydrogen (secondary N) is 1. The number of carbonyl (C=O) groups excluding carboxylic acids is 1. The number of carbonyl (C=O) groups is 1. The lowest BCUT2D eigenvalue weighted by Crippen LogP contribution is -2.61. The van der Waals surface area contributed by atoms with Crippen LogP contribution < -0.4 is 5.32 Å². The van der Waals surface area contributed by atoms with E-state index in [9.17, 15) is 4.79 Å². The average molecular weight is 227 g/mol. The summed E-state index contributed by atoms with van der Waals surface area (Å²) in [5.41, 5.74) is -0.472. The Morgan fingerprint density at radius 3 is 2.50 bits per heavy atom. The van der Waals surface area contributed by atoms with Gasteiger partial charge in [0, 0.05) is 6.04 Å². The molecule has 0 heterocycles. The average Bonchev–Trinajstić information content (AvgIpc) is 2.21. The minimum absolute atomic E-state index is 0.0970. The standard InChI is InChI=1S/C13H25NO2/c1-9(2)14-13(12(15)16-5)8-10(3)6-7-11(13)4/h9-11,14H,6-8H2,1-5H3. The van der Waals surface area contributed by atoms with Gasteiger partial charge in [0.1, 0.15) is 5.54 Å². The molecule has 3 atom stereocenters. The molecule has 16 heavy (non-hydrogen) atoms. The SMILES string of the molecule is COC(=O)C1(NC(C)C)CC(C)CCC1C. The number of hydrogen-bond donors (Lipinski definition) is 1. The third-order valence-electron chi connectivity index (χ3n) is 3.70. The molecule has 0 radical (unpaired) electrons. The number of hydrogen-bond acceptors (Lipinski definition) is 3. The zero-order chi connectivity index (χ0) is 12.3. The first-order chi connectivity index (χ1) is 7.42. The Morgan fingerprint density at radius 2 is 2.00 bits per heavy atom. The fourth-order valence-electron chi connectivity index (χ4n) is 2.88. The maximum Gasteiger partial charge on any atom is 0.326 e. The summed E-state index contributed by atoms with van der Waals surface area (Å²) in [7, 11) is 1.48. The first kappa shape index (κ1) is 13.5. The van der Waals surface area contributed by atoms with Crippen LogP contribution in [-0.4, -0.2) is 24.7 Å². The molecular weight excluding hydrogens is 202 g/mol.